The third kappa shape index (κ3) is 4.78. The Bertz CT molecular complexity index is 695. The van der Waals surface area contributed by atoms with E-state index < -0.39 is 5.91 Å². The highest BCUT2D eigenvalue weighted by molar-refractivity contribution is 5.90. The average molecular weight is 340 g/mol. The second kappa shape index (κ2) is 8.60. The van der Waals surface area contributed by atoms with Gasteiger partial charge in [-0.15, -0.1) is 0 Å². The van der Waals surface area contributed by atoms with Crippen LogP contribution in [0.1, 0.15) is 36.4 Å². The number of hydrogen-bond donors (Lipinski definition) is 2. The molecular weight excluding hydrogens is 316 g/mol. The molecule has 1 aliphatic rings. The van der Waals surface area contributed by atoms with Gasteiger partial charge in [0.2, 0.25) is 0 Å². The Kier molecular flexibility index (Phi) is 5.98. The van der Waals surface area contributed by atoms with Crippen LogP contribution in [0.25, 0.3) is 6.08 Å². The van der Waals surface area contributed by atoms with Crippen molar-refractivity contribution in [1.29, 1.82) is 0 Å². The van der Waals surface area contributed by atoms with E-state index in [-0.39, 0.29) is 0 Å². The van der Waals surface area contributed by atoms with Gasteiger partial charge >= 0.3 is 0 Å². The van der Waals surface area contributed by atoms with Crippen LogP contribution in [0.3, 0.4) is 0 Å². The van der Waals surface area contributed by atoms with Gasteiger partial charge in [-0.3, -0.25) is 19.6 Å². The summed E-state index contributed by atoms with van der Waals surface area (Å²) in [5.41, 5.74) is 3.85. The van der Waals surface area contributed by atoms with Gasteiger partial charge < -0.3 is 0 Å². The van der Waals surface area contributed by atoms with Crippen molar-refractivity contribution in [3.05, 3.63) is 59.9 Å². The van der Waals surface area contributed by atoms with Crippen molar-refractivity contribution in [3.63, 3.8) is 0 Å². The lowest BCUT2D eigenvalue weighted by molar-refractivity contribution is -0.124. The molecule has 1 aromatic carbocycles. The lowest BCUT2D eigenvalue weighted by Crippen LogP contribution is -2.25. The molecule has 1 unspecified atom stereocenters. The zero-order valence-electron chi connectivity index (χ0n) is 14.2. The first-order valence-corrected chi connectivity index (χ1v) is 8.70. The van der Waals surface area contributed by atoms with Gasteiger partial charge in [0.05, 0.1) is 0 Å². The smallest absolute Gasteiger partial charge is 0.267 e. The van der Waals surface area contributed by atoms with E-state index in [9.17, 15) is 4.79 Å². The summed E-state index contributed by atoms with van der Waals surface area (Å²) in [6.07, 6.45) is 10.3. The first-order valence-electron chi connectivity index (χ1n) is 8.70. The van der Waals surface area contributed by atoms with Gasteiger partial charge in [0.25, 0.3) is 5.91 Å². The number of amides is 1. The van der Waals surface area contributed by atoms with Crippen LogP contribution in [0.2, 0.25) is 0 Å². The molecule has 0 aliphatic carbocycles. The Hall–Kier alpha value is -2.44. The summed E-state index contributed by atoms with van der Waals surface area (Å²) >= 11 is 0. The predicted octanol–water partition coefficient (Wildman–Crippen LogP) is 2.63. The van der Waals surface area contributed by atoms with Crippen molar-refractivity contribution in [2.24, 2.45) is 0 Å². The molecule has 6 heteroatoms. The average Bonchev–Trinajstić information content (AvgIpc) is 3.32. The summed E-state index contributed by atoms with van der Waals surface area (Å²) in [5, 5.41) is 12.8. The van der Waals surface area contributed by atoms with Gasteiger partial charge in [0, 0.05) is 37.6 Å². The fourth-order valence-corrected chi connectivity index (χ4v) is 3.38. The zero-order chi connectivity index (χ0) is 17.5. The maximum Gasteiger partial charge on any atom is 0.267 e. The molecule has 3 rings (SSSR count). The van der Waals surface area contributed by atoms with Crippen LogP contribution in [0.5, 0.6) is 0 Å². The van der Waals surface area contributed by atoms with E-state index in [1.165, 1.54) is 24.5 Å². The maximum atomic E-state index is 11.0. The molecule has 1 fully saturated rings. The molecule has 2 aromatic rings. The highest BCUT2D eigenvalue weighted by atomic mass is 16.5. The van der Waals surface area contributed by atoms with Crippen LogP contribution >= 0.6 is 0 Å². The highest BCUT2D eigenvalue weighted by Gasteiger charge is 2.25. The van der Waals surface area contributed by atoms with E-state index >= 15 is 0 Å². The molecule has 6 nitrogen and oxygen atoms in total. The number of nitrogens with zero attached hydrogens (tertiary/aromatic N) is 3. The van der Waals surface area contributed by atoms with Crippen molar-refractivity contribution in [2.75, 3.05) is 13.1 Å². The fraction of sp³-hybridized carbons (Fsp3) is 0.368. The van der Waals surface area contributed by atoms with Crippen molar-refractivity contribution >= 4 is 12.0 Å². The minimum Gasteiger partial charge on any atom is -0.296 e. The Morgan fingerprint density at radius 1 is 1.32 bits per heavy atom. The topological polar surface area (TPSA) is 70.4 Å². The lowest BCUT2D eigenvalue weighted by atomic mass is 10.0. The lowest BCUT2D eigenvalue weighted by Gasteiger charge is -2.25. The van der Waals surface area contributed by atoms with E-state index in [4.69, 9.17) is 5.21 Å². The first kappa shape index (κ1) is 17.4. The number of hydroxylamine groups is 1. The number of nitrogens with one attached hydrogen (secondary N) is 1. The summed E-state index contributed by atoms with van der Waals surface area (Å²) in [4.78, 5) is 13.6. The molecule has 2 N–H and O–H groups in total. The van der Waals surface area contributed by atoms with E-state index in [1.54, 1.807) is 11.6 Å². The molecule has 1 saturated heterocycles. The second-order valence-corrected chi connectivity index (χ2v) is 6.29. The van der Waals surface area contributed by atoms with Crippen molar-refractivity contribution < 1.29 is 10.0 Å². The van der Waals surface area contributed by atoms with Crippen molar-refractivity contribution in [1.82, 2.24) is 20.2 Å². The Labute approximate surface area is 147 Å². The van der Waals surface area contributed by atoms with Gasteiger partial charge in [0.1, 0.15) is 0 Å². The largest absolute Gasteiger partial charge is 0.296 e. The molecule has 2 heterocycles. The van der Waals surface area contributed by atoms with Crippen LogP contribution in [0.4, 0.5) is 0 Å². The summed E-state index contributed by atoms with van der Waals surface area (Å²) in [6.45, 7) is 3.16. The van der Waals surface area contributed by atoms with E-state index in [0.29, 0.717) is 6.04 Å². The van der Waals surface area contributed by atoms with Crippen molar-refractivity contribution in [2.45, 2.75) is 31.8 Å². The van der Waals surface area contributed by atoms with E-state index in [2.05, 4.69) is 22.1 Å². The summed E-state index contributed by atoms with van der Waals surface area (Å²) < 4.78 is 1.98. The van der Waals surface area contributed by atoms with Crippen LogP contribution in [0, 0.1) is 0 Å². The minimum absolute atomic E-state index is 0.469. The van der Waals surface area contributed by atoms with Crippen LogP contribution in [0.15, 0.2) is 48.8 Å². The molecule has 1 aromatic heterocycles. The molecule has 25 heavy (non-hydrogen) atoms. The zero-order valence-corrected chi connectivity index (χ0v) is 14.2. The van der Waals surface area contributed by atoms with Gasteiger partial charge in [-0.2, -0.15) is 5.10 Å². The Morgan fingerprint density at radius 2 is 2.16 bits per heavy atom. The van der Waals surface area contributed by atoms with Gasteiger partial charge in [-0.25, -0.2) is 5.48 Å². The van der Waals surface area contributed by atoms with E-state index in [1.807, 2.05) is 35.3 Å². The summed E-state index contributed by atoms with van der Waals surface area (Å²) in [7, 11) is 0. The molecular formula is C19H24N4O2. The Balaban J connectivity index is 1.56. The number of benzene rings is 1. The number of carbonyl (C=O) groups is 1. The number of carbonyl (C=O) groups excluding carboxylic acids is 1. The normalized spacial score (nSPS) is 18.0. The molecule has 1 aliphatic heterocycles. The predicted molar refractivity (Wildman–Crippen MR) is 95.8 cm³/mol. The number of hydrogen-bond acceptors (Lipinski definition) is 4. The third-order valence-corrected chi connectivity index (χ3v) is 4.61. The summed E-state index contributed by atoms with van der Waals surface area (Å²) in [6, 6.07) is 10.7. The molecule has 0 spiro atoms. The molecule has 0 saturated carbocycles. The quantitative estimate of drug-likeness (QED) is 0.462. The first-order chi connectivity index (χ1) is 12.3. The molecule has 1 amide bonds. The number of rotatable bonds is 7. The van der Waals surface area contributed by atoms with Gasteiger partial charge in [-0.1, -0.05) is 24.3 Å². The van der Waals surface area contributed by atoms with Crippen LogP contribution in [-0.2, 0) is 11.3 Å². The number of aromatic nitrogens is 2. The fourth-order valence-electron chi connectivity index (χ4n) is 3.38. The Morgan fingerprint density at radius 3 is 2.88 bits per heavy atom. The van der Waals surface area contributed by atoms with Gasteiger partial charge in [-0.05, 0) is 49.1 Å². The second-order valence-electron chi connectivity index (χ2n) is 6.29. The number of aryl methyl sites for hydroxylation is 1. The molecule has 132 valence electrons. The SMILES string of the molecule is O=C(/C=C/c1ccc(C2CCCN2CCCn2cccn2)cc1)NO. The monoisotopic (exact) mass is 340 g/mol. The van der Waals surface area contributed by atoms with Crippen molar-refractivity contribution in [3.8, 4) is 0 Å². The van der Waals surface area contributed by atoms with Crippen LogP contribution in [-0.4, -0.2) is 38.9 Å². The van der Waals surface area contributed by atoms with E-state index in [0.717, 1.165) is 31.6 Å². The molecule has 1 atom stereocenters. The van der Waals surface area contributed by atoms with Gasteiger partial charge in [0.15, 0.2) is 0 Å². The number of likely N-dealkylation sites (tertiary alicyclic amines) is 1. The molecule has 0 radical (unpaired) electrons. The molecule has 0 bridgehead atoms. The highest BCUT2D eigenvalue weighted by Crippen LogP contribution is 2.32. The maximum absolute atomic E-state index is 11.0. The minimum atomic E-state index is -0.525. The standard InChI is InChI=1S/C19H24N4O2/c24-19(21-25)10-7-16-5-8-17(9-6-16)18-4-1-12-22(18)13-3-15-23-14-2-11-20-23/h2,5-11,14,18,25H,1,3-4,12-13,15H2,(H,21,24)/b10-7+. The summed E-state index contributed by atoms with van der Waals surface area (Å²) in [5.74, 6) is -0.525. The van der Waals surface area contributed by atoms with Crippen LogP contribution < -0.4 is 5.48 Å². The third-order valence-electron chi connectivity index (χ3n) is 4.61.